The average Bonchev–Trinajstić information content (AvgIpc) is 3.55. The van der Waals surface area contributed by atoms with E-state index in [2.05, 4.69) is 10.6 Å². The predicted octanol–water partition coefficient (Wildman–Crippen LogP) is 3.87. The van der Waals surface area contributed by atoms with Gasteiger partial charge in [-0.2, -0.15) is 0 Å². The summed E-state index contributed by atoms with van der Waals surface area (Å²) in [6, 6.07) is 14.5. The number of carbonyl (C=O) groups excluding carboxylic acids is 4. The van der Waals surface area contributed by atoms with Crippen molar-refractivity contribution in [1.29, 1.82) is 0 Å². The molecule has 278 valence electrons. The van der Waals surface area contributed by atoms with Crippen molar-refractivity contribution in [3.8, 4) is 0 Å². The second kappa shape index (κ2) is 17.3. The molecule has 2 aliphatic rings. The minimum Gasteiger partial charge on any atom is -0.479 e. The van der Waals surface area contributed by atoms with E-state index in [1.807, 2.05) is 71.0 Å². The number of aliphatic carboxylic acids is 1. The summed E-state index contributed by atoms with van der Waals surface area (Å²) < 4.78 is 5.50. The van der Waals surface area contributed by atoms with E-state index in [0.717, 1.165) is 11.1 Å². The number of urea groups is 1. The highest BCUT2D eigenvalue weighted by atomic mass is 32.2. The van der Waals surface area contributed by atoms with Crippen LogP contribution in [0.3, 0.4) is 0 Å². The van der Waals surface area contributed by atoms with E-state index in [4.69, 9.17) is 4.74 Å². The summed E-state index contributed by atoms with van der Waals surface area (Å²) in [5, 5.41) is 25.3. The molecule has 51 heavy (non-hydrogen) atoms. The molecule has 14 heteroatoms. The van der Waals surface area contributed by atoms with Crippen molar-refractivity contribution in [2.45, 2.75) is 95.1 Å². The number of hydrogen-bond acceptors (Lipinski definition) is 8. The summed E-state index contributed by atoms with van der Waals surface area (Å²) in [6.45, 7) is 9.80. The Morgan fingerprint density at radius 2 is 1.55 bits per heavy atom. The van der Waals surface area contributed by atoms with Gasteiger partial charge in [0.1, 0.15) is 23.1 Å². The summed E-state index contributed by atoms with van der Waals surface area (Å²) >= 11 is 1.40. The van der Waals surface area contributed by atoms with Crippen LogP contribution in [0.15, 0.2) is 60.7 Å². The molecule has 4 rings (SSSR count). The van der Waals surface area contributed by atoms with Crippen molar-refractivity contribution >= 4 is 41.7 Å². The lowest BCUT2D eigenvalue weighted by Crippen LogP contribution is -2.60. The lowest BCUT2D eigenvalue weighted by atomic mass is 9.99. The molecule has 5 amide bonds. The van der Waals surface area contributed by atoms with Crippen LogP contribution in [0.4, 0.5) is 9.59 Å². The van der Waals surface area contributed by atoms with Crippen molar-refractivity contribution in [2.24, 2.45) is 5.92 Å². The van der Waals surface area contributed by atoms with Crippen molar-refractivity contribution < 1.29 is 38.9 Å². The van der Waals surface area contributed by atoms with E-state index in [1.165, 1.54) is 16.7 Å². The van der Waals surface area contributed by atoms with Gasteiger partial charge in [-0.1, -0.05) is 74.5 Å². The van der Waals surface area contributed by atoms with E-state index >= 15 is 0 Å². The van der Waals surface area contributed by atoms with Gasteiger partial charge in [-0.05, 0) is 57.1 Å². The first-order chi connectivity index (χ1) is 24.1. The molecule has 2 aromatic carbocycles. The highest BCUT2D eigenvalue weighted by Gasteiger charge is 2.46. The zero-order chi connectivity index (χ0) is 37.5. The number of nitrogens with one attached hydrogen (secondary N) is 2. The smallest absolute Gasteiger partial charge is 0.410 e. The maximum atomic E-state index is 14.6. The normalized spacial score (nSPS) is 19.9. The molecule has 4 N–H and O–H groups in total. The van der Waals surface area contributed by atoms with Gasteiger partial charge in [0.25, 0.3) is 0 Å². The Morgan fingerprint density at radius 3 is 2.10 bits per heavy atom. The first-order valence-electron chi connectivity index (χ1n) is 17.3. The first kappa shape index (κ1) is 39.5. The van der Waals surface area contributed by atoms with Crippen LogP contribution in [0.2, 0.25) is 0 Å². The van der Waals surface area contributed by atoms with E-state index < -0.39 is 65.1 Å². The third kappa shape index (κ3) is 10.4. The summed E-state index contributed by atoms with van der Waals surface area (Å²) in [5.41, 5.74) is 0.894. The SMILES string of the molecule is CC(C)[C@H](NC(=O)N1CCC(N(C)C(=O)OC(C)(C)C)CC1)C(=O)N1C(c2ccccc2)SC[C@H]1C(=O)N[C@@H](Cc1ccccc1)C(O)C(=O)O. The van der Waals surface area contributed by atoms with Crippen LogP contribution in [0.5, 0.6) is 0 Å². The molecule has 2 fully saturated rings. The van der Waals surface area contributed by atoms with Crippen LogP contribution < -0.4 is 10.6 Å². The maximum absolute atomic E-state index is 14.6. The van der Waals surface area contributed by atoms with Crippen LogP contribution in [-0.4, -0.2) is 117 Å². The Bertz CT molecular complexity index is 1510. The number of nitrogens with zero attached hydrogens (tertiary/aromatic N) is 3. The van der Waals surface area contributed by atoms with Crippen molar-refractivity contribution in [1.82, 2.24) is 25.3 Å². The van der Waals surface area contributed by atoms with Crippen molar-refractivity contribution in [3.05, 3.63) is 71.8 Å². The zero-order valence-electron chi connectivity index (χ0n) is 30.2. The fourth-order valence-electron chi connectivity index (χ4n) is 6.25. The van der Waals surface area contributed by atoms with Gasteiger partial charge in [0.2, 0.25) is 11.8 Å². The molecule has 2 aromatic rings. The Balaban J connectivity index is 1.51. The van der Waals surface area contributed by atoms with E-state index in [-0.39, 0.29) is 24.1 Å². The second-order valence-corrected chi connectivity index (χ2v) is 15.5. The molecular weight excluding hydrogens is 675 g/mol. The summed E-state index contributed by atoms with van der Waals surface area (Å²) in [5.74, 6) is -2.65. The van der Waals surface area contributed by atoms with E-state index in [1.54, 1.807) is 41.1 Å². The third-order valence-electron chi connectivity index (χ3n) is 9.10. The summed E-state index contributed by atoms with van der Waals surface area (Å²) in [6.07, 6.45) is -1.17. The van der Waals surface area contributed by atoms with Crippen LogP contribution in [0.1, 0.15) is 64.0 Å². The Morgan fingerprint density at radius 1 is 0.961 bits per heavy atom. The molecule has 2 saturated heterocycles. The number of amides is 5. The summed E-state index contributed by atoms with van der Waals surface area (Å²) in [4.78, 5) is 71.3. The number of carboxylic acid groups (broad SMARTS) is 1. The van der Waals surface area contributed by atoms with Gasteiger partial charge in [0.05, 0.1) is 6.04 Å². The number of carbonyl (C=O) groups is 5. The van der Waals surface area contributed by atoms with Gasteiger partial charge < -0.3 is 40.3 Å². The van der Waals surface area contributed by atoms with Crippen LogP contribution >= 0.6 is 11.8 Å². The molecule has 0 bridgehead atoms. The lowest BCUT2D eigenvalue weighted by Gasteiger charge is -2.38. The molecule has 13 nitrogen and oxygen atoms in total. The number of ether oxygens (including phenoxy) is 1. The molecule has 0 aliphatic carbocycles. The monoisotopic (exact) mass is 725 g/mol. The highest BCUT2D eigenvalue weighted by Crippen LogP contribution is 2.42. The van der Waals surface area contributed by atoms with Crippen molar-refractivity contribution in [2.75, 3.05) is 25.9 Å². The lowest BCUT2D eigenvalue weighted by molar-refractivity contribution is -0.149. The number of piperidine rings is 1. The van der Waals surface area contributed by atoms with Gasteiger partial charge >= 0.3 is 18.1 Å². The average molecular weight is 726 g/mol. The van der Waals surface area contributed by atoms with Gasteiger partial charge in [0, 0.05) is 31.9 Å². The Labute approximate surface area is 304 Å². The molecule has 0 saturated carbocycles. The molecule has 2 aliphatic heterocycles. The number of likely N-dealkylation sites (tertiary alicyclic amines) is 1. The Kier molecular flexibility index (Phi) is 13.4. The van der Waals surface area contributed by atoms with E-state index in [0.29, 0.717) is 25.9 Å². The maximum Gasteiger partial charge on any atom is 0.410 e. The summed E-state index contributed by atoms with van der Waals surface area (Å²) in [7, 11) is 1.69. The third-order valence-corrected chi connectivity index (χ3v) is 10.4. The minimum absolute atomic E-state index is 0.0604. The number of benzene rings is 2. The van der Waals surface area contributed by atoms with Gasteiger partial charge in [-0.25, -0.2) is 14.4 Å². The quantitative estimate of drug-likeness (QED) is 0.269. The molecule has 2 unspecified atom stereocenters. The number of hydrogen-bond donors (Lipinski definition) is 4. The Hall–Kier alpha value is -4.30. The zero-order valence-corrected chi connectivity index (χ0v) is 31.0. The van der Waals surface area contributed by atoms with E-state index in [9.17, 15) is 34.2 Å². The fraction of sp³-hybridized carbons (Fsp3) is 0.541. The van der Waals surface area contributed by atoms with Crippen LogP contribution in [0.25, 0.3) is 0 Å². The highest BCUT2D eigenvalue weighted by molar-refractivity contribution is 7.99. The molecular formula is C37H51N5O8S. The number of aliphatic hydroxyl groups is 1. The number of rotatable bonds is 11. The topological polar surface area (TPSA) is 169 Å². The van der Waals surface area contributed by atoms with Crippen molar-refractivity contribution in [3.63, 3.8) is 0 Å². The van der Waals surface area contributed by atoms with Gasteiger partial charge in [-0.15, -0.1) is 11.8 Å². The molecule has 2 heterocycles. The molecule has 0 radical (unpaired) electrons. The van der Waals surface area contributed by atoms with Gasteiger partial charge in [-0.3, -0.25) is 9.59 Å². The van der Waals surface area contributed by atoms with Gasteiger partial charge in [0.15, 0.2) is 6.10 Å². The number of thioether (sulfide) groups is 1. The predicted molar refractivity (Wildman–Crippen MR) is 194 cm³/mol. The standard InChI is InChI=1S/C37H51N5O8S/c1-23(2)29(39-35(48)41-19-17-26(18-20-41)40(6)36(49)50-37(3,4)5)32(45)42-28(22-51-33(42)25-15-11-8-12-16-25)31(44)38-27(30(43)34(46)47)21-24-13-9-7-10-14-24/h7-16,23,26-30,33,43H,17-22H2,1-6H3,(H,38,44)(H,39,48)(H,46,47)/t27-,28-,29-,30?,33?/m0/s1. The fourth-order valence-corrected chi connectivity index (χ4v) is 7.69. The molecule has 0 aromatic heterocycles. The van der Waals surface area contributed by atoms with Crippen LogP contribution in [-0.2, 0) is 25.5 Å². The molecule has 5 atom stereocenters. The largest absolute Gasteiger partial charge is 0.479 e. The first-order valence-corrected chi connectivity index (χ1v) is 18.4. The molecule has 0 spiro atoms. The number of aliphatic hydroxyl groups excluding tert-OH is 1. The minimum atomic E-state index is -1.88. The second-order valence-electron chi connectivity index (χ2n) is 14.4. The van der Waals surface area contributed by atoms with Crippen LogP contribution in [0, 0.1) is 5.92 Å². The number of carboxylic acids is 1.